The zero-order valence-corrected chi connectivity index (χ0v) is 66.7. The van der Waals surface area contributed by atoms with Crippen LogP contribution in [0.25, 0.3) is 54.1 Å². The van der Waals surface area contributed by atoms with Crippen molar-refractivity contribution in [1.29, 1.82) is 15.8 Å². The van der Waals surface area contributed by atoms with E-state index in [1.165, 1.54) is 263 Å². The molecule has 5 aliphatic carbocycles. The van der Waals surface area contributed by atoms with Crippen LogP contribution in [0.1, 0.15) is 386 Å². The van der Waals surface area contributed by atoms with Gasteiger partial charge in [-0.15, -0.1) is 22.7 Å². The minimum Gasteiger partial charge on any atom is -0.294 e. The fourth-order valence-electron chi connectivity index (χ4n) is 19.7. The number of hydrogen-bond acceptors (Lipinski definition) is 7. The van der Waals surface area contributed by atoms with E-state index < -0.39 is 5.92 Å². The SMILES string of the molecule is [C-]#[N+]/C(C#N)=C1\c2ccccc2C(=O)C1Cc1cc2c(s1)-c1cc3c(cc1C2(CCCCCCCC)CCCCCCCC)-c1cc2c(cc1C3(CCCCCCCC)CCCCCCCC)-c1sc(/C=C3\C(=O)c4ccccc4C3=C(C#N)C#N)cc1C2(CCCCCCCC)CCCCCCCC. The molecule has 0 saturated heterocycles. The molecule has 1 unspecified atom stereocenters. The van der Waals surface area contributed by atoms with Gasteiger partial charge in [-0.05, 0) is 160 Å². The Labute approximate surface area is 641 Å². The number of hydrogen-bond donors (Lipinski definition) is 0. The summed E-state index contributed by atoms with van der Waals surface area (Å²) in [5, 5.41) is 31.6. The Morgan fingerprint density at radius 3 is 1.17 bits per heavy atom. The van der Waals surface area contributed by atoms with Gasteiger partial charge >= 0.3 is 0 Å². The molecule has 0 radical (unpaired) electrons. The van der Waals surface area contributed by atoms with Gasteiger partial charge in [-0.1, -0.05) is 321 Å². The first-order valence-electron chi connectivity index (χ1n) is 42.2. The number of unbranched alkanes of at least 4 members (excludes halogenated alkanes) is 30. The summed E-state index contributed by atoms with van der Waals surface area (Å²) in [6.07, 6.45) is 53.1. The molecule has 0 fully saturated rings. The third kappa shape index (κ3) is 16.6. The van der Waals surface area contributed by atoms with Crippen LogP contribution in [-0.4, -0.2) is 11.6 Å². The molecule has 8 heteroatoms. The number of carbonyl (C=O) groups excluding carboxylic acids is 2. The molecule has 4 aromatic carbocycles. The standard InChI is InChI=1S/C97H120N4O2S2/c1-8-14-20-26-32-42-52-95(53-43-33-27-21-15-9-2)82-64-78-84(96(54-44-34-28-22-16-10-3,55-45-35-29-23-17-11-4)86-60-70(104-93(78)86)58-80-89(69(66-98)67-99)72-48-38-40-50-74(72)91(80)102)62-76(82)77-63-85-79(65-83(77)95)94-87(97(85,56-46-36-30-24-18-12-5)57-47-37-31-25-19-13-6)61-71(105-94)59-81-90(88(68-100)101-7)73-49-39-41-51-75(73)92(81)103/h38-41,48-51,58,60-65,81H,8-37,42-47,52-57,59H2,1-6H3/b80-58-,90-88+. The van der Waals surface area contributed by atoms with Crippen LogP contribution < -0.4 is 0 Å². The third-order valence-electron chi connectivity index (χ3n) is 25.2. The average Bonchev–Trinajstić information content (AvgIpc) is 1.51. The lowest BCUT2D eigenvalue weighted by molar-refractivity contribution is 0.0957. The van der Waals surface area contributed by atoms with Crippen LogP contribution in [-0.2, 0) is 22.7 Å². The first-order chi connectivity index (χ1) is 51.5. The van der Waals surface area contributed by atoms with Crippen molar-refractivity contribution in [2.45, 2.75) is 334 Å². The quantitative estimate of drug-likeness (QED) is 0.0164. The van der Waals surface area contributed by atoms with Gasteiger partial charge in [0, 0.05) is 63.9 Å². The predicted molar refractivity (Wildman–Crippen MR) is 443 cm³/mol. The van der Waals surface area contributed by atoms with Crippen molar-refractivity contribution in [1.82, 2.24) is 0 Å². The Morgan fingerprint density at radius 1 is 0.410 bits per heavy atom. The van der Waals surface area contributed by atoms with Crippen molar-refractivity contribution in [3.05, 3.63) is 179 Å². The number of benzene rings is 4. The monoisotopic (exact) mass is 1440 g/mol. The molecule has 0 bridgehead atoms. The van der Waals surface area contributed by atoms with E-state index in [0.717, 1.165) is 87.5 Å². The number of carbonyl (C=O) groups is 2. The van der Waals surface area contributed by atoms with Crippen LogP contribution >= 0.6 is 22.7 Å². The largest absolute Gasteiger partial charge is 0.294 e. The summed E-state index contributed by atoms with van der Waals surface area (Å²) in [7, 11) is 0. The fourth-order valence-corrected chi connectivity index (χ4v) is 22.2. The summed E-state index contributed by atoms with van der Waals surface area (Å²) in [6.45, 7) is 22.2. The summed E-state index contributed by atoms with van der Waals surface area (Å²) in [4.78, 5) is 38.4. The minimum absolute atomic E-state index is 0.0184. The van der Waals surface area contributed by atoms with Crippen molar-refractivity contribution in [2.24, 2.45) is 5.92 Å². The van der Waals surface area contributed by atoms with Gasteiger partial charge in [-0.2, -0.15) is 10.5 Å². The Hall–Kier alpha value is -7.20. The Bertz CT molecular complexity index is 4220. The summed E-state index contributed by atoms with van der Waals surface area (Å²) >= 11 is 3.74. The van der Waals surface area contributed by atoms with E-state index in [4.69, 9.17) is 6.57 Å². The molecule has 105 heavy (non-hydrogen) atoms. The number of nitriles is 3. The van der Waals surface area contributed by atoms with Crippen molar-refractivity contribution in [2.75, 3.05) is 0 Å². The highest BCUT2D eigenvalue weighted by Crippen LogP contribution is 2.66. The maximum absolute atomic E-state index is 14.9. The summed E-state index contributed by atoms with van der Waals surface area (Å²) in [5.41, 5.74) is 18.1. The predicted octanol–water partition coefficient (Wildman–Crippen LogP) is 29.4. The smallest absolute Gasteiger partial charge is 0.266 e. The number of rotatable bonds is 45. The van der Waals surface area contributed by atoms with Crippen molar-refractivity contribution < 1.29 is 9.59 Å². The van der Waals surface area contributed by atoms with Gasteiger partial charge in [0.1, 0.15) is 17.7 Å². The highest BCUT2D eigenvalue weighted by Gasteiger charge is 2.52. The lowest BCUT2D eigenvalue weighted by Gasteiger charge is -2.35. The van der Waals surface area contributed by atoms with E-state index in [2.05, 4.69) is 101 Å². The second kappa shape index (κ2) is 38.1. The fraction of sp³-hybridized carbons (Fsp3) is 0.546. The summed E-state index contributed by atoms with van der Waals surface area (Å²) < 4.78 is 0. The molecule has 0 spiro atoms. The number of fused-ring (bicyclic) bond motifs is 11. The molecule has 552 valence electrons. The molecule has 0 N–H and O–H groups in total. The van der Waals surface area contributed by atoms with E-state index in [9.17, 15) is 25.4 Å². The first kappa shape index (κ1) is 78.9. The van der Waals surface area contributed by atoms with Gasteiger partial charge in [0.05, 0.1) is 12.6 Å². The van der Waals surface area contributed by atoms with Crippen LogP contribution in [0.3, 0.4) is 0 Å². The van der Waals surface area contributed by atoms with Gasteiger partial charge in [-0.3, -0.25) is 9.59 Å². The van der Waals surface area contributed by atoms with Gasteiger partial charge in [0.25, 0.3) is 5.70 Å². The molecule has 0 saturated carbocycles. The molecule has 1 atom stereocenters. The summed E-state index contributed by atoms with van der Waals surface area (Å²) in [5.74, 6) is -0.706. The van der Waals surface area contributed by atoms with E-state index in [-0.39, 0.29) is 39.1 Å². The zero-order valence-electron chi connectivity index (χ0n) is 65.1. The number of thiophene rings is 2. The van der Waals surface area contributed by atoms with Gasteiger partial charge < -0.3 is 0 Å². The molecule has 6 nitrogen and oxygen atoms in total. The molecule has 5 aliphatic rings. The van der Waals surface area contributed by atoms with Crippen molar-refractivity contribution in [3.8, 4) is 50.2 Å². The first-order valence-corrected chi connectivity index (χ1v) is 43.9. The maximum atomic E-state index is 14.9. The Balaban J connectivity index is 1.16. The molecule has 0 amide bonds. The normalized spacial score (nSPS) is 16.5. The van der Waals surface area contributed by atoms with Gasteiger partial charge in [0.2, 0.25) is 0 Å². The van der Waals surface area contributed by atoms with Crippen LogP contribution in [0.4, 0.5) is 0 Å². The van der Waals surface area contributed by atoms with Crippen molar-refractivity contribution >= 4 is 51.5 Å². The zero-order chi connectivity index (χ0) is 73.8. The Morgan fingerprint density at radius 2 is 0.762 bits per heavy atom. The van der Waals surface area contributed by atoms with Crippen molar-refractivity contribution in [3.63, 3.8) is 0 Å². The third-order valence-corrected chi connectivity index (χ3v) is 27.5. The molecule has 11 rings (SSSR count). The minimum atomic E-state index is -0.600. The molecule has 0 aliphatic heterocycles. The van der Waals surface area contributed by atoms with Crippen LogP contribution in [0.5, 0.6) is 0 Å². The van der Waals surface area contributed by atoms with Gasteiger partial charge in [-0.25, -0.2) is 10.1 Å². The number of ketones is 2. The van der Waals surface area contributed by atoms with Gasteiger partial charge in [0.15, 0.2) is 11.6 Å². The number of nitrogens with zero attached hydrogens (tertiary/aromatic N) is 4. The lowest BCUT2D eigenvalue weighted by atomic mass is 9.68. The molecule has 6 aromatic rings. The lowest BCUT2D eigenvalue weighted by Crippen LogP contribution is -2.27. The van der Waals surface area contributed by atoms with E-state index >= 15 is 0 Å². The topological polar surface area (TPSA) is 110 Å². The van der Waals surface area contributed by atoms with Crippen LogP contribution in [0, 0.1) is 46.5 Å². The molecule has 2 aromatic heterocycles. The highest BCUT2D eigenvalue weighted by molar-refractivity contribution is 7.17. The second-order valence-corrected chi connectivity index (χ2v) is 34.4. The number of Topliss-reactive ketones (excluding diaryl/α,β-unsaturated/α-hetero) is 2. The average molecular weight is 1440 g/mol. The van der Waals surface area contributed by atoms with E-state index in [1.807, 2.05) is 77.3 Å². The van der Waals surface area contributed by atoms with Crippen LogP contribution in [0.2, 0.25) is 0 Å². The number of allylic oxidation sites excluding steroid dienone is 5. The Kier molecular flexibility index (Phi) is 28.6. The summed E-state index contributed by atoms with van der Waals surface area (Å²) in [6, 6.07) is 38.1. The molecular weight excluding hydrogens is 1320 g/mol. The molecular formula is C97H120N4O2S2. The second-order valence-electron chi connectivity index (χ2n) is 32.1. The van der Waals surface area contributed by atoms with E-state index in [1.54, 1.807) is 0 Å². The van der Waals surface area contributed by atoms with E-state index in [0.29, 0.717) is 39.8 Å². The molecule has 2 heterocycles. The maximum Gasteiger partial charge on any atom is 0.266 e. The highest BCUT2D eigenvalue weighted by atomic mass is 32.1. The van der Waals surface area contributed by atoms with Crippen LogP contribution in [0.15, 0.2) is 102 Å².